The monoisotopic (exact) mass is 412 g/mol. The van der Waals surface area contributed by atoms with Crippen LogP contribution in [0.5, 0.6) is 0 Å². The van der Waals surface area contributed by atoms with Gasteiger partial charge in [0, 0.05) is 0 Å². The Morgan fingerprint density at radius 3 is 1.17 bits per heavy atom. The van der Waals surface area contributed by atoms with Gasteiger partial charge in [-0.1, -0.05) is 65.8 Å². The van der Waals surface area contributed by atoms with Gasteiger partial charge in [-0.3, -0.25) is 0 Å². The van der Waals surface area contributed by atoms with Crippen LogP contribution in [0.1, 0.15) is 73.4 Å². The molecule has 160 valence electrons. The van der Waals surface area contributed by atoms with Gasteiger partial charge in [0.05, 0.1) is 11.1 Å². The second kappa shape index (κ2) is 9.03. The molecule has 0 saturated carbocycles. The van der Waals surface area contributed by atoms with Crippen molar-refractivity contribution >= 4 is 11.9 Å². The number of carbonyl (C=O) groups excluding carboxylic acids is 2. The minimum Gasteiger partial charge on any atom is -0.243 e. The molecule has 30 heavy (non-hydrogen) atoms. The molecule has 0 spiro atoms. The van der Waals surface area contributed by atoms with E-state index in [4.69, 9.17) is 0 Å². The van der Waals surface area contributed by atoms with Gasteiger partial charge in [-0.15, -0.1) is 0 Å². The van der Waals surface area contributed by atoms with E-state index in [1.54, 1.807) is 24.3 Å². The molecule has 0 aliphatic heterocycles. The van der Waals surface area contributed by atoms with Crippen LogP contribution in [0, 0.1) is 0 Å². The molecule has 0 radical (unpaired) electrons. The molecule has 0 heterocycles. The van der Waals surface area contributed by atoms with Crippen LogP contribution < -0.4 is 0 Å². The fraction of sp³-hybridized carbons (Fsp3) is 0.333. The van der Waals surface area contributed by atoms with E-state index in [1.165, 1.54) is 0 Å². The van der Waals surface area contributed by atoms with Crippen molar-refractivity contribution in [2.24, 2.45) is 0 Å². The molecular weight excluding hydrogens is 384 g/mol. The lowest BCUT2D eigenvalue weighted by Gasteiger charge is -2.18. The summed E-state index contributed by atoms with van der Waals surface area (Å²) in [7, 11) is 0. The van der Waals surface area contributed by atoms with Gasteiger partial charge in [-0.05, 0) is 52.8 Å². The van der Waals surface area contributed by atoms with Gasteiger partial charge in [0.25, 0.3) is 0 Å². The Morgan fingerprint density at radius 1 is 0.600 bits per heavy atom. The number of hydrogen-bond acceptors (Lipinski definition) is 6. The summed E-state index contributed by atoms with van der Waals surface area (Å²) in [6.45, 7) is 15.8. The highest BCUT2D eigenvalue weighted by Gasteiger charge is 2.18. The highest BCUT2D eigenvalue weighted by atomic mass is 17.3. The highest BCUT2D eigenvalue weighted by Crippen LogP contribution is 2.23. The zero-order chi connectivity index (χ0) is 22.5. The van der Waals surface area contributed by atoms with Gasteiger partial charge in [-0.25, -0.2) is 29.1 Å². The van der Waals surface area contributed by atoms with Crippen molar-refractivity contribution in [3.63, 3.8) is 0 Å². The molecule has 6 heteroatoms. The first kappa shape index (κ1) is 23.0. The lowest BCUT2D eigenvalue weighted by atomic mass is 9.87. The lowest BCUT2D eigenvalue weighted by Crippen LogP contribution is -2.13. The Labute approximate surface area is 177 Å². The minimum atomic E-state index is -0.732. The van der Waals surface area contributed by atoms with Gasteiger partial charge in [-0.2, -0.15) is 0 Å². The van der Waals surface area contributed by atoms with Gasteiger partial charge < -0.3 is 0 Å². The van der Waals surface area contributed by atoms with E-state index in [0.29, 0.717) is 11.1 Å². The van der Waals surface area contributed by atoms with E-state index in [2.05, 4.69) is 67.7 Å². The molecule has 0 unspecified atom stereocenters. The van der Waals surface area contributed by atoms with E-state index in [0.717, 1.165) is 11.1 Å². The van der Waals surface area contributed by atoms with Crippen molar-refractivity contribution < 1.29 is 29.1 Å². The van der Waals surface area contributed by atoms with Gasteiger partial charge >= 0.3 is 17.9 Å². The molecule has 2 rings (SSSR count). The molecule has 0 atom stereocenters. The smallest absolute Gasteiger partial charge is 0.243 e. The Hall–Kier alpha value is -3.28. The molecule has 0 amide bonds. The average Bonchev–Trinajstić information content (AvgIpc) is 2.69. The quantitative estimate of drug-likeness (QED) is 0.348. The summed E-state index contributed by atoms with van der Waals surface area (Å²) in [6, 6.07) is 13.9. The van der Waals surface area contributed by atoms with Crippen LogP contribution in [-0.2, 0) is 30.4 Å². The predicted molar refractivity (Wildman–Crippen MR) is 112 cm³/mol. The van der Waals surface area contributed by atoms with E-state index >= 15 is 0 Å². The molecule has 0 bridgehead atoms. The summed E-state index contributed by atoms with van der Waals surface area (Å²) < 4.78 is 0. The highest BCUT2D eigenvalue weighted by molar-refractivity contribution is 5.89. The summed E-state index contributed by atoms with van der Waals surface area (Å²) in [5.41, 5.74) is 2.69. The van der Waals surface area contributed by atoms with Crippen molar-refractivity contribution in [1.29, 1.82) is 0 Å². The first-order chi connectivity index (χ1) is 13.9. The molecule has 0 aromatic heterocycles. The molecule has 0 aliphatic carbocycles. The fourth-order valence-corrected chi connectivity index (χ4v) is 2.49. The maximum Gasteiger partial charge on any atom is 0.386 e. The summed E-state index contributed by atoms with van der Waals surface area (Å²) in [6.07, 6.45) is 0. The fourth-order valence-electron chi connectivity index (χ4n) is 2.49. The number of benzene rings is 2. The molecule has 0 N–H and O–H groups in total. The Bertz CT molecular complexity index is 821. The van der Waals surface area contributed by atoms with Crippen molar-refractivity contribution in [3.05, 3.63) is 83.3 Å². The van der Waals surface area contributed by atoms with Crippen LogP contribution in [0.15, 0.2) is 61.1 Å². The van der Waals surface area contributed by atoms with Crippen LogP contribution in [0.25, 0.3) is 0 Å². The molecule has 6 nitrogen and oxygen atoms in total. The van der Waals surface area contributed by atoms with Gasteiger partial charge in [0.2, 0.25) is 0 Å². The molecule has 0 saturated heterocycles. The van der Waals surface area contributed by atoms with E-state index in [1.807, 2.05) is 24.3 Å². The van der Waals surface area contributed by atoms with Gasteiger partial charge in [0.15, 0.2) is 0 Å². The first-order valence-electron chi connectivity index (χ1n) is 9.55. The topological polar surface area (TPSA) is 71.1 Å². The Kier molecular flexibility index (Phi) is 6.92. The molecule has 2 aromatic carbocycles. The standard InChI is InChI=1S/C24H28O6/c1-16(27-29-21(25)17-8-12-19(13-9-17)23(2,3)4)28-30-22(26)18-10-14-20(15-11-18)24(5,6)7/h8-15H,1H2,2-7H3. The van der Waals surface area contributed by atoms with Crippen LogP contribution >= 0.6 is 0 Å². The van der Waals surface area contributed by atoms with Gasteiger partial charge in [0.1, 0.15) is 0 Å². The normalized spacial score (nSPS) is 11.4. The summed E-state index contributed by atoms with van der Waals surface area (Å²) >= 11 is 0. The minimum absolute atomic E-state index is 0.0298. The lowest BCUT2D eigenvalue weighted by molar-refractivity contribution is -0.317. The van der Waals surface area contributed by atoms with Crippen molar-refractivity contribution in [3.8, 4) is 0 Å². The van der Waals surface area contributed by atoms with Crippen molar-refractivity contribution in [2.75, 3.05) is 0 Å². The van der Waals surface area contributed by atoms with Crippen LogP contribution in [0.4, 0.5) is 0 Å². The summed E-state index contributed by atoms with van der Waals surface area (Å²) in [4.78, 5) is 42.7. The summed E-state index contributed by atoms with van der Waals surface area (Å²) in [5, 5.41) is 0. The second-order valence-corrected chi connectivity index (χ2v) is 8.93. The second-order valence-electron chi connectivity index (χ2n) is 8.93. The van der Waals surface area contributed by atoms with Crippen LogP contribution in [-0.4, -0.2) is 11.9 Å². The maximum atomic E-state index is 12.0. The number of hydrogen-bond donors (Lipinski definition) is 0. The molecular formula is C24H28O6. The van der Waals surface area contributed by atoms with Crippen molar-refractivity contribution in [1.82, 2.24) is 0 Å². The van der Waals surface area contributed by atoms with E-state index in [-0.39, 0.29) is 10.8 Å². The Balaban J connectivity index is 1.81. The van der Waals surface area contributed by atoms with Crippen LogP contribution in [0.3, 0.4) is 0 Å². The third-order valence-corrected chi connectivity index (χ3v) is 4.39. The molecule has 0 fully saturated rings. The van der Waals surface area contributed by atoms with Crippen molar-refractivity contribution in [2.45, 2.75) is 52.4 Å². The zero-order valence-corrected chi connectivity index (χ0v) is 18.3. The van der Waals surface area contributed by atoms with Crippen LogP contribution in [0.2, 0.25) is 0 Å². The van der Waals surface area contributed by atoms with E-state index < -0.39 is 17.9 Å². The number of carbonyl (C=O) groups is 2. The summed E-state index contributed by atoms with van der Waals surface area (Å²) in [5.74, 6) is -1.96. The SMILES string of the molecule is C=C(OOC(=O)c1ccc(C(C)(C)C)cc1)OOC(=O)c1ccc(C(C)(C)C)cc1. The maximum absolute atomic E-state index is 12.0. The Morgan fingerprint density at radius 2 is 0.900 bits per heavy atom. The average molecular weight is 412 g/mol. The largest absolute Gasteiger partial charge is 0.386 e. The number of rotatable bonds is 6. The molecule has 0 aliphatic rings. The zero-order valence-electron chi connectivity index (χ0n) is 18.3. The third-order valence-electron chi connectivity index (χ3n) is 4.39. The third kappa shape index (κ3) is 6.37. The van der Waals surface area contributed by atoms with E-state index in [9.17, 15) is 9.59 Å². The predicted octanol–water partition coefficient (Wildman–Crippen LogP) is 5.63. The molecule has 2 aromatic rings. The first-order valence-corrected chi connectivity index (χ1v) is 9.55.